The molecule has 0 fully saturated rings. The SMILES string of the molecule is CCc1nc2ccc(F)cn2c1C(=O)NCc1ccc(N2CCN(S(=O)(=O)C(F)(F)F)C(OC)=N2)c(F)c1. The van der Waals surface area contributed by atoms with E-state index < -0.39 is 45.6 Å². The summed E-state index contributed by atoms with van der Waals surface area (Å²) in [5.41, 5.74) is -4.39. The summed E-state index contributed by atoms with van der Waals surface area (Å²) in [5, 5.41) is 7.32. The van der Waals surface area contributed by atoms with Gasteiger partial charge in [-0.15, -0.1) is 5.10 Å². The third kappa shape index (κ3) is 4.94. The van der Waals surface area contributed by atoms with Gasteiger partial charge < -0.3 is 10.1 Å². The Balaban J connectivity index is 1.51. The van der Waals surface area contributed by atoms with E-state index in [-0.39, 0.29) is 28.8 Å². The fraction of sp³-hybridized carbons (Fsp3) is 0.318. The van der Waals surface area contributed by atoms with Crippen LogP contribution in [0.1, 0.15) is 28.7 Å². The van der Waals surface area contributed by atoms with Crippen LogP contribution in [0.4, 0.5) is 27.6 Å². The van der Waals surface area contributed by atoms with Crippen molar-refractivity contribution in [3.05, 3.63) is 65.1 Å². The predicted molar refractivity (Wildman–Crippen MR) is 126 cm³/mol. The van der Waals surface area contributed by atoms with Crippen molar-refractivity contribution in [2.75, 3.05) is 25.2 Å². The largest absolute Gasteiger partial charge is 0.516 e. The number of amides is 1. The highest BCUT2D eigenvalue weighted by molar-refractivity contribution is 7.90. The molecular weight excluding hydrogens is 539 g/mol. The Bertz CT molecular complexity index is 1520. The van der Waals surface area contributed by atoms with Gasteiger partial charge in [-0.1, -0.05) is 13.0 Å². The summed E-state index contributed by atoms with van der Waals surface area (Å²) in [5.74, 6) is -1.93. The maximum atomic E-state index is 14.9. The second-order valence-electron chi connectivity index (χ2n) is 8.04. The minimum atomic E-state index is -5.75. The molecule has 1 N–H and O–H groups in total. The molecule has 0 radical (unpaired) electrons. The van der Waals surface area contributed by atoms with Crippen LogP contribution in [0.2, 0.25) is 0 Å². The van der Waals surface area contributed by atoms with Gasteiger partial charge >= 0.3 is 21.6 Å². The van der Waals surface area contributed by atoms with E-state index in [1.807, 2.05) is 0 Å². The number of aryl methyl sites for hydroxylation is 1. The van der Waals surface area contributed by atoms with Crippen LogP contribution in [0.25, 0.3) is 5.65 Å². The molecular formula is C22H21F5N6O4S. The van der Waals surface area contributed by atoms with Crippen molar-refractivity contribution < 1.29 is 39.9 Å². The van der Waals surface area contributed by atoms with Gasteiger partial charge in [0, 0.05) is 12.7 Å². The Kier molecular flexibility index (Phi) is 7.18. The molecule has 1 aliphatic rings. The molecule has 2 aromatic heterocycles. The van der Waals surface area contributed by atoms with E-state index in [9.17, 15) is 35.2 Å². The first-order valence-electron chi connectivity index (χ1n) is 11.1. The molecule has 38 heavy (non-hydrogen) atoms. The molecule has 16 heteroatoms. The van der Waals surface area contributed by atoms with Gasteiger partial charge in [0.05, 0.1) is 31.6 Å². The molecule has 3 heterocycles. The van der Waals surface area contributed by atoms with Gasteiger partial charge in [0.15, 0.2) is 0 Å². The lowest BCUT2D eigenvalue weighted by atomic mass is 10.1. The molecule has 1 aromatic carbocycles. The number of aromatic nitrogens is 2. The van der Waals surface area contributed by atoms with E-state index in [2.05, 4.69) is 15.4 Å². The third-order valence-electron chi connectivity index (χ3n) is 5.65. The van der Waals surface area contributed by atoms with Crippen LogP contribution in [-0.2, 0) is 27.7 Å². The molecule has 0 saturated heterocycles. The lowest BCUT2D eigenvalue weighted by Crippen LogP contribution is -2.51. The van der Waals surface area contributed by atoms with Crippen LogP contribution in [-0.4, -0.2) is 59.7 Å². The lowest BCUT2D eigenvalue weighted by Gasteiger charge is -2.32. The zero-order chi connectivity index (χ0) is 27.8. The van der Waals surface area contributed by atoms with E-state index in [4.69, 9.17) is 4.74 Å². The van der Waals surface area contributed by atoms with Crippen LogP contribution in [0.3, 0.4) is 0 Å². The zero-order valence-corrected chi connectivity index (χ0v) is 20.8. The van der Waals surface area contributed by atoms with Gasteiger partial charge in [-0.05, 0) is 36.2 Å². The molecule has 0 unspecified atom stereocenters. The number of hydrazone groups is 1. The van der Waals surface area contributed by atoms with E-state index in [1.165, 1.54) is 28.7 Å². The van der Waals surface area contributed by atoms with E-state index in [0.29, 0.717) is 23.3 Å². The predicted octanol–water partition coefficient (Wildman–Crippen LogP) is 2.99. The normalized spacial score (nSPS) is 14.6. The minimum Gasteiger partial charge on any atom is -0.467 e. The Morgan fingerprint density at radius 3 is 2.53 bits per heavy atom. The average molecular weight is 561 g/mol. The van der Waals surface area contributed by atoms with Crippen LogP contribution in [0, 0.1) is 11.6 Å². The number of pyridine rings is 1. The molecule has 0 saturated carbocycles. The van der Waals surface area contributed by atoms with Gasteiger partial charge in [0.25, 0.3) is 5.91 Å². The topological polar surface area (TPSA) is 109 Å². The second-order valence-corrected chi connectivity index (χ2v) is 9.89. The summed E-state index contributed by atoms with van der Waals surface area (Å²) in [6.07, 6.45) is 1.55. The lowest BCUT2D eigenvalue weighted by molar-refractivity contribution is -0.0477. The molecule has 1 amide bonds. The molecule has 4 rings (SSSR count). The number of hydrogen-bond donors (Lipinski definition) is 1. The van der Waals surface area contributed by atoms with Crippen molar-refractivity contribution >= 4 is 33.3 Å². The zero-order valence-electron chi connectivity index (χ0n) is 20.0. The third-order valence-corrected chi connectivity index (χ3v) is 7.15. The molecule has 3 aromatic rings. The van der Waals surface area contributed by atoms with Crippen LogP contribution in [0.15, 0.2) is 41.6 Å². The molecule has 10 nitrogen and oxygen atoms in total. The first-order chi connectivity index (χ1) is 17.9. The fourth-order valence-corrected chi connectivity index (χ4v) is 4.73. The number of hydrogen-bond acceptors (Lipinski definition) is 7. The molecule has 1 aliphatic heterocycles. The van der Waals surface area contributed by atoms with Crippen molar-refractivity contribution in [3.8, 4) is 0 Å². The molecule has 204 valence electrons. The van der Waals surface area contributed by atoms with E-state index >= 15 is 0 Å². The standard InChI is InChI=1S/C22H21F5N6O4S/c1-3-16-19(31-12-14(23)5-7-18(31)29-16)20(34)28-11-13-4-6-17(15(24)10-13)32-8-9-33(21(30-32)37-2)38(35,36)22(25,26)27/h4-7,10,12H,3,8-9,11H2,1-2H3,(H,28,34). The maximum absolute atomic E-state index is 14.9. The number of anilines is 1. The Labute approximate surface area is 213 Å². The number of nitrogens with one attached hydrogen (secondary N) is 1. The number of benzene rings is 1. The fourth-order valence-electron chi connectivity index (χ4n) is 3.84. The number of alkyl halides is 3. The van der Waals surface area contributed by atoms with Gasteiger partial charge in [0.2, 0.25) is 0 Å². The minimum absolute atomic E-state index is 0.0398. The Morgan fingerprint density at radius 2 is 1.89 bits per heavy atom. The van der Waals surface area contributed by atoms with Crippen molar-refractivity contribution in [2.45, 2.75) is 25.4 Å². The summed E-state index contributed by atoms with van der Waals surface area (Å²) >= 11 is 0. The number of rotatable bonds is 6. The Hall–Kier alpha value is -3.95. The van der Waals surface area contributed by atoms with Crippen molar-refractivity contribution in [2.24, 2.45) is 5.10 Å². The van der Waals surface area contributed by atoms with Crippen LogP contribution < -0.4 is 10.3 Å². The number of sulfonamides is 1. The molecule has 0 atom stereocenters. The number of imidazole rings is 1. The average Bonchev–Trinajstić information content (AvgIpc) is 3.24. The van der Waals surface area contributed by atoms with Crippen LogP contribution >= 0.6 is 0 Å². The smallest absolute Gasteiger partial charge is 0.467 e. The summed E-state index contributed by atoms with van der Waals surface area (Å²) in [4.78, 5) is 17.2. The first-order valence-corrected chi connectivity index (χ1v) is 12.5. The number of carbonyl (C=O) groups is 1. The van der Waals surface area contributed by atoms with Crippen LogP contribution in [0.5, 0.6) is 0 Å². The van der Waals surface area contributed by atoms with Gasteiger partial charge in [-0.25, -0.2) is 18.1 Å². The van der Waals surface area contributed by atoms with Crippen molar-refractivity contribution in [1.82, 2.24) is 19.0 Å². The molecule has 0 spiro atoms. The summed E-state index contributed by atoms with van der Waals surface area (Å²) in [6.45, 7) is 0.607. The number of carbonyl (C=O) groups excluding carboxylic acids is 1. The molecule has 0 bridgehead atoms. The number of fused-ring (bicyclic) bond motifs is 1. The number of ether oxygens (including phenoxy) is 1. The first kappa shape index (κ1) is 27.1. The quantitative estimate of drug-likeness (QED) is 0.465. The maximum Gasteiger partial charge on any atom is 0.516 e. The summed E-state index contributed by atoms with van der Waals surface area (Å²) < 4.78 is 97.0. The van der Waals surface area contributed by atoms with E-state index in [0.717, 1.165) is 24.4 Å². The second kappa shape index (κ2) is 10.1. The number of amidine groups is 1. The van der Waals surface area contributed by atoms with Gasteiger partial charge in [0.1, 0.15) is 23.0 Å². The Morgan fingerprint density at radius 1 is 1.16 bits per heavy atom. The number of halogens is 5. The highest BCUT2D eigenvalue weighted by Gasteiger charge is 2.52. The summed E-state index contributed by atoms with van der Waals surface area (Å²) in [7, 11) is -4.81. The van der Waals surface area contributed by atoms with Gasteiger partial charge in [-0.2, -0.15) is 21.6 Å². The number of methoxy groups -OCH3 is 1. The van der Waals surface area contributed by atoms with Gasteiger partial charge in [-0.3, -0.25) is 14.2 Å². The highest BCUT2D eigenvalue weighted by atomic mass is 32.2. The highest BCUT2D eigenvalue weighted by Crippen LogP contribution is 2.30. The monoisotopic (exact) mass is 560 g/mol. The number of nitrogens with zero attached hydrogens (tertiary/aromatic N) is 5. The van der Waals surface area contributed by atoms with E-state index in [1.54, 1.807) is 6.92 Å². The van der Waals surface area contributed by atoms with Crippen molar-refractivity contribution in [3.63, 3.8) is 0 Å². The molecule has 0 aliphatic carbocycles. The summed E-state index contributed by atoms with van der Waals surface area (Å²) in [6, 6.07) is 5.61. The van der Waals surface area contributed by atoms with Crippen molar-refractivity contribution in [1.29, 1.82) is 0 Å².